The predicted octanol–water partition coefficient (Wildman–Crippen LogP) is 4.59. The van der Waals surface area contributed by atoms with Crippen molar-refractivity contribution in [1.82, 2.24) is 19.4 Å². The quantitative estimate of drug-likeness (QED) is 0.480. The van der Waals surface area contributed by atoms with Crippen molar-refractivity contribution >= 4 is 22.7 Å². The third-order valence-electron chi connectivity index (χ3n) is 3.94. The Balaban J connectivity index is 1.57. The molecule has 126 valence electrons. The van der Waals surface area contributed by atoms with Gasteiger partial charge in [-0.3, -0.25) is 9.47 Å². The van der Waals surface area contributed by atoms with Gasteiger partial charge < -0.3 is 0 Å². The van der Waals surface area contributed by atoms with Gasteiger partial charge >= 0.3 is 0 Å². The summed E-state index contributed by atoms with van der Waals surface area (Å²) >= 11 is 3.36. The highest BCUT2D eigenvalue weighted by atomic mass is 32.1. The number of hydrogen-bond donors (Lipinski definition) is 0. The fraction of sp³-hybridized carbons (Fsp3) is 0.158. The molecule has 0 bridgehead atoms. The van der Waals surface area contributed by atoms with Gasteiger partial charge in [-0.2, -0.15) is 0 Å². The van der Waals surface area contributed by atoms with Crippen molar-refractivity contribution in [3.8, 4) is 5.13 Å². The van der Waals surface area contributed by atoms with Crippen molar-refractivity contribution in [2.24, 2.45) is 0 Å². The highest BCUT2D eigenvalue weighted by molar-refractivity contribution is 7.12. The highest BCUT2D eigenvalue weighted by Gasteiger charge is 2.13. The lowest BCUT2D eigenvalue weighted by molar-refractivity contribution is 0.243. The van der Waals surface area contributed by atoms with E-state index in [1.165, 1.54) is 11.3 Å². The molecule has 4 aromatic rings. The maximum absolute atomic E-state index is 4.46. The molecule has 0 saturated carbocycles. The summed E-state index contributed by atoms with van der Waals surface area (Å²) in [5, 5.41) is 6.20. The monoisotopic (exact) mass is 366 g/mol. The summed E-state index contributed by atoms with van der Waals surface area (Å²) in [5.41, 5.74) is 2.55. The number of thiazole rings is 2. The molecule has 1 aromatic carbocycles. The van der Waals surface area contributed by atoms with Crippen LogP contribution in [0.5, 0.6) is 0 Å². The number of benzene rings is 1. The SMILES string of the molecule is c1ccc(CN(Cc2nccs2)Cc2cccn2-c2nccs2)cc1. The van der Waals surface area contributed by atoms with E-state index < -0.39 is 0 Å². The van der Waals surface area contributed by atoms with E-state index >= 15 is 0 Å². The maximum atomic E-state index is 4.46. The first kappa shape index (κ1) is 16.2. The van der Waals surface area contributed by atoms with Gasteiger partial charge in [0, 0.05) is 48.1 Å². The summed E-state index contributed by atoms with van der Waals surface area (Å²) in [6.07, 6.45) is 5.80. The third-order valence-corrected chi connectivity index (χ3v) is 5.47. The van der Waals surface area contributed by atoms with Crippen LogP contribution in [0.2, 0.25) is 0 Å². The van der Waals surface area contributed by atoms with Gasteiger partial charge in [-0.1, -0.05) is 30.3 Å². The van der Waals surface area contributed by atoms with Crippen LogP contribution in [0.25, 0.3) is 5.13 Å². The lowest BCUT2D eigenvalue weighted by Gasteiger charge is -2.22. The molecule has 0 fully saturated rings. The van der Waals surface area contributed by atoms with Crippen LogP contribution in [-0.2, 0) is 19.6 Å². The molecule has 3 heterocycles. The van der Waals surface area contributed by atoms with Crippen molar-refractivity contribution in [2.75, 3.05) is 0 Å². The molecule has 3 aromatic heterocycles. The van der Waals surface area contributed by atoms with E-state index in [-0.39, 0.29) is 0 Å². The molecule has 4 rings (SSSR count). The number of aromatic nitrogens is 3. The van der Waals surface area contributed by atoms with Crippen molar-refractivity contribution in [3.63, 3.8) is 0 Å². The maximum Gasteiger partial charge on any atom is 0.193 e. The summed E-state index contributed by atoms with van der Waals surface area (Å²) in [7, 11) is 0. The molecular weight excluding hydrogens is 348 g/mol. The van der Waals surface area contributed by atoms with Gasteiger partial charge in [-0.05, 0) is 17.7 Å². The normalized spacial score (nSPS) is 11.2. The highest BCUT2D eigenvalue weighted by Crippen LogP contribution is 2.19. The van der Waals surface area contributed by atoms with E-state index in [4.69, 9.17) is 0 Å². The first-order valence-corrected chi connectivity index (χ1v) is 9.85. The molecule has 0 aliphatic heterocycles. The predicted molar refractivity (Wildman–Crippen MR) is 103 cm³/mol. The molecule has 6 heteroatoms. The molecule has 4 nitrogen and oxygen atoms in total. The minimum atomic E-state index is 0.843. The van der Waals surface area contributed by atoms with Crippen LogP contribution in [0, 0.1) is 0 Å². The standard InChI is InChI=1S/C19H18N4S2/c1-2-5-16(6-3-1)13-22(15-18-20-8-11-24-18)14-17-7-4-10-23(17)19-21-9-12-25-19/h1-12H,13-15H2. The molecular formula is C19H18N4S2. The number of hydrogen-bond acceptors (Lipinski definition) is 5. The van der Waals surface area contributed by atoms with Crippen LogP contribution < -0.4 is 0 Å². The Bertz CT molecular complexity index is 883. The van der Waals surface area contributed by atoms with Gasteiger partial charge in [0.1, 0.15) is 5.01 Å². The van der Waals surface area contributed by atoms with Crippen LogP contribution in [0.3, 0.4) is 0 Å². The molecule has 0 N–H and O–H groups in total. The summed E-state index contributed by atoms with van der Waals surface area (Å²) in [4.78, 5) is 11.3. The van der Waals surface area contributed by atoms with Gasteiger partial charge in [-0.15, -0.1) is 22.7 Å². The summed E-state index contributed by atoms with van der Waals surface area (Å²) in [6.45, 7) is 2.58. The Labute approximate surface area is 155 Å². The lowest BCUT2D eigenvalue weighted by Crippen LogP contribution is -2.23. The molecule has 0 aliphatic carbocycles. The van der Waals surface area contributed by atoms with Gasteiger partial charge in [0.25, 0.3) is 0 Å². The molecule has 0 spiro atoms. The first-order chi connectivity index (χ1) is 12.4. The minimum absolute atomic E-state index is 0.843. The van der Waals surface area contributed by atoms with Crippen LogP contribution in [0.4, 0.5) is 0 Å². The Morgan fingerprint density at radius 2 is 1.68 bits per heavy atom. The van der Waals surface area contributed by atoms with Crippen LogP contribution in [-0.4, -0.2) is 19.4 Å². The average molecular weight is 367 g/mol. The first-order valence-electron chi connectivity index (χ1n) is 8.09. The van der Waals surface area contributed by atoms with E-state index in [0.29, 0.717) is 0 Å². The van der Waals surface area contributed by atoms with Crippen molar-refractivity contribution in [2.45, 2.75) is 19.6 Å². The third kappa shape index (κ3) is 4.04. The summed E-state index contributed by atoms with van der Waals surface area (Å²) < 4.78 is 2.17. The van der Waals surface area contributed by atoms with Crippen molar-refractivity contribution in [3.05, 3.63) is 88.1 Å². The van der Waals surface area contributed by atoms with E-state index in [0.717, 1.165) is 29.8 Å². The van der Waals surface area contributed by atoms with Crippen LogP contribution in [0.1, 0.15) is 16.3 Å². The van der Waals surface area contributed by atoms with Crippen molar-refractivity contribution < 1.29 is 0 Å². The second-order valence-electron chi connectivity index (χ2n) is 5.74. The van der Waals surface area contributed by atoms with Gasteiger partial charge in [0.2, 0.25) is 0 Å². The van der Waals surface area contributed by atoms with Gasteiger partial charge in [0.05, 0.1) is 6.54 Å². The lowest BCUT2D eigenvalue weighted by atomic mass is 10.2. The fourth-order valence-corrected chi connectivity index (χ4v) is 4.14. The second kappa shape index (κ2) is 7.74. The zero-order chi connectivity index (χ0) is 16.9. The Hall–Kier alpha value is -2.28. The molecule has 0 amide bonds. The van der Waals surface area contributed by atoms with Crippen LogP contribution in [0.15, 0.2) is 71.8 Å². The summed E-state index contributed by atoms with van der Waals surface area (Å²) in [6, 6.07) is 14.8. The Morgan fingerprint density at radius 1 is 0.840 bits per heavy atom. The fourth-order valence-electron chi connectivity index (χ4n) is 2.83. The number of rotatable bonds is 7. The molecule has 0 atom stereocenters. The molecule has 0 unspecified atom stereocenters. The summed E-state index contributed by atoms with van der Waals surface area (Å²) in [5.74, 6) is 0. The van der Waals surface area contributed by atoms with Crippen molar-refractivity contribution in [1.29, 1.82) is 0 Å². The zero-order valence-electron chi connectivity index (χ0n) is 13.7. The molecule has 0 saturated heterocycles. The van der Waals surface area contributed by atoms with Crippen LogP contribution >= 0.6 is 22.7 Å². The minimum Gasteiger partial charge on any atom is -0.296 e. The Kier molecular flexibility index (Phi) is 5.01. The Morgan fingerprint density at radius 3 is 2.44 bits per heavy atom. The second-order valence-corrected chi connectivity index (χ2v) is 7.59. The smallest absolute Gasteiger partial charge is 0.193 e. The number of nitrogens with zero attached hydrogens (tertiary/aromatic N) is 4. The molecule has 0 radical (unpaired) electrons. The van der Waals surface area contributed by atoms with Gasteiger partial charge in [0.15, 0.2) is 5.13 Å². The zero-order valence-corrected chi connectivity index (χ0v) is 15.3. The molecule has 25 heavy (non-hydrogen) atoms. The van der Waals surface area contributed by atoms with E-state index in [1.807, 2.05) is 23.2 Å². The average Bonchev–Trinajstić information content (AvgIpc) is 3.38. The van der Waals surface area contributed by atoms with Gasteiger partial charge in [-0.25, -0.2) is 9.97 Å². The van der Waals surface area contributed by atoms with E-state index in [9.17, 15) is 0 Å². The molecule has 0 aliphatic rings. The largest absolute Gasteiger partial charge is 0.296 e. The topological polar surface area (TPSA) is 34.0 Å². The van der Waals surface area contributed by atoms with E-state index in [1.54, 1.807) is 22.7 Å². The van der Waals surface area contributed by atoms with E-state index in [2.05, 4.69) is 68.1 Å².